The number of aryl methyl sites for hydroxylation is 2. The Hall–Kier alpha value is -2.08. The highest BCUT2D eigenvalue weighted by molar-refractivity contribution is 5.97. The van der Waals surface area contributed by atoms with Gasteiger partial charge in [-0.05, 0) is 49.9 Å². The SMILES string of the molecule is COc1c(C)cc(C(=O)N[C@@H](C(=O)O)[C@H]2CCCOC2)cc1C. The molecule has 126 valence electrons. The third-order valence-electron chi connectivity index (χ3n) is 4.15. The van der Waals surface area contributed by atoms with Crippen LogP contribution in [0.25, 0.3) is 0 Å². The summed E-state index contributed by atoms with van der Waals surface area (Å²) in [5, 5.41) is 12.1. The summed E-state index contributed by atoms with van der Waals surface area (Å²) in [7, 11) is 1.58. The molecular weight excluding hydrogens is 298 g/mol. The van der Waals surface area contributed by atoms with Gasteiger partial charge in [0.25, 0.3) is 5.91 Å². The topological polar surface area (TPSA) is 84.9 Å². The second kappa shape index (κ2) is 7.46. The van der Waals surface area contributed by atoms with Crippen LogP contribution < -0.4 is 10.1 Å². The largest absolute Gasteiger partial charge is 0.496 e. The predicted molar refractivity (Wildman–Crippen MR) is 84.9 cm³/mol. The van der Waals surface area contributed by atoms with E-state index >= 15 is 0 Å². The fraction of sp³-hybridized carbons (Fsp3) is 0.529. The van der Waals surface area contributed by atoms with Gasteiger partial charge in [-0.2, -0.15) is 0 Å². The molecule has 23 heavy (non-hydrogen) atoms. The molecule has 0 aromatic heterocycles. The second-order valence-corrected chi connectivity index (χ2v) is 5.91. The Bertz CT molecular complexity index is 570. The summed E-state index contributed by atoms with van der Waals surface area (Å²) >= 11 is 0. The van der Waals surface area contributed by atoms with Crippen molar-refractivity contribution in [3.8, 4) is 5.75 Å². The van der Waals surface area contributed by atoms with Gasteiger partial charge in [0.2, 0.25) is 0 Å². The van der Waals surface area contributed by atoms with Gasteiger partial charge in [-0.15, -0.1) is 0 Å². The summed E-state index contributed by atoms with van der Waals surface area (Å²) in [6.07, 6.45) is 1.54. The van der Waals surface area contributed by atoms with Gasteiger partial charge >= 0.3 is 5.97 Å². The summed E-state index contributed by atoms with van der Waals surface area (Å²) < 4.78 is 10.6. The van der Waals surface area contributed by atoms with Crippen LogP contribution in [-0.4, -0.2) is 43.3 Å². The number of hydrogen-bond acceptors (Lipinski definition) is 4. The highest BCUT2D eigenvalue weighted by atomic mass is 16.5. The monoisotopic (exact) mass is 321 g/mol. The lowest BCUT2D eigenvalue weighted by Gasteiger charge is -2.28. The number of nitrogens with one attached hydrogen (secondary N) is 1. The van der Waals surface area contributed by atoms with E-state index in [4.69, 9.17) is 9.47 Å². The molecule has 2 atom stereocenters. The number of rotatable bonds is 5. The summed E-state index contributed by atoms with van der Waals surface area (Å²) in [5.74, 6) is -0.893. The van der Waals surface area contributed by atoms with Crippen LogP contribution in [0.5, 0.6) is 5.75 Å². The van der Waals surface area contributed by atoms with Gasteiger partial charge in [-0.25, -0.2) is 4.79 Å². The van der Waals surface area contributed by atoms with Crippen molar-refractivity contribution >= 4 is 11.9 Å². The number of hydrogen-bond donors (Lipinski definition) is 2. The summed E-state index contributed by atoms with van der Waals surface area (Å²) in [5.41, 5.74) is 2.11. The number of aliphatic carboxylic acids is 1. The molecule has 6 nitrogen and oxygen atoms in total. The first-order valence-electron chi connectivity index (χ1n) is 7.70. The molecule has 1 aromatic rings. The maximum absolute atomic E-state index is 12.5. The Morgan fingerprint density at radius 2 is 2.00 bits per heavy atom. The van der Waals surface area contributed by atoms with E-state index < -0.39 is 17.9 Å². The molecule has 1 amide bonds. The van der Waals surface area contributed by atoms with E-state index in [1.165, 1.54) is 0 Å². The minimum absolute atomic E-state index is 0.203. The zero-order valence-corrected chi connectivity index (χ0v) is 13.7. The quantitative estimate of drug-likeness (QED) is 0.865. The molecule has 6 heteroatoms. The molecule has 1 fully saturated rings. The fourth-order valence-electron chi connectivity index (χ4n) is 3.04. The standard InChI is InChI=1S/C17H23NO5/c1-10-7-13(8-11(2)15(10)22-3)16(19)18-14(17(20)21)12-5-4-6-23-9-12/h7-8,12,14H,4-6,9H2,1-3H3,(H,18,19)(H,20,21)/t12-,14+/m0/s1. The van der Waals surface area contributed by atoms with Gasteiger partial charge < -0.3 is 19.9 Å². The summed E-state index contributed by atoms with van der Waals surface area (Å²) in [6.45, 7) is 4.71. The van der Waals surface area contributed by atoms with E-state index in [0.717, 1.165) is 29.7 Å². The van der Waals surface area contributed by atoms with Crippen LogP contribution in [0.3, 0.4) is 0 Å². The molecule has 0 saturated carbocycles. The van der Waals surface area contributed by atoms with E-state index in [0.29, 0.717) is 18.8 Å². The summed E-state index contributed by atoms with van der Waals surface area (Å²) in [4.78, 5) is 24.0. The maximum Gasteiger partial charge on any atom is 0.326 e. The normalized spacial score (nSPS) is 19.0. The molecule has 1 saturated heterocycles. The number of benzene rings is 1. The van der Waals surface area contributed by atoms with Crippen LogP contribution in [0.15, 0.2) is 12.1 Å². The lowest BCUT2D eigenvalue weighted by atomic mass is 9.93. The highest BCUT2D eigenvalue weighted by Gasteiger charge is 2.31. The minimum Gasteiger partial charge on any atom is -0.496 e. The third-order valence-corrected chi connectivity index (χ3v) is 4.15. The van der Waals surface area contributed by atoms with Gasteiger partial charge in [-0.1, -0.05) is 0 Å². The minimum atomic E-state index is -1.03. The first-order valence-corrected chi connectivity index (χ1v) is 7.70. The van der Waals surface area contributed by atoms with Crippen molar-refractivity contribution in [2.75, 3.05) is 20.3 Å². The van der Waals surface area contributed by atoms with E-state index in [1.807, 2.05) is 13.8 Å². The lowest BCUT2D eigenvalue weighted by Crippen LogP contribution is -2.48. The molecular formula is C17H23NO5. The van der Waals surface area contributed by atoms with Crippen LogP contribution in [-0.2, 0) is 9.53 Å². The van der Waals surface area contributed by atoms with Gasteiger partial charge in [-0.3, -0.25) is 4.79 Å². The number of methoxy groups -OCH3 is 1. The van der Waals surface area contributed by atoms with Gasteiger partial charge in [0.1, 0.15) is 11.8 Å². The van der Waals surface area contributed by atoms with Crippen molar-refractivity contribution in [2.45, 2.75) is 32.7 Å². The molecule has 0 unspecified atom stereocenters. The van der Waals surface area contributed by atoms with Gasteiger partial charge in [0.15, 0.2) is 0 Å². The number of carboxylic acids is 1. The molecule has 0 radical (unpaired) electrons. The first-order chi connectivity index (χ1) is 10.9. The van der Waals surface area contributed by atoms with E-state index in [9.17, 15) is 14.7 Å². The van der Waals surface area contributed by atoms with E-state index in [1.54, 1.807) is 19.2 Å². The highest BCUT2D eigenvalue weighted by Crippen LogP contribution is 2.25. The molecule has 0 bridgehead atoms. The molecule has 0 aliphatic carbocycles. The van der Waals surface area contributed by atoms with Crippen molar-refractivity contribution in [3.63, 3.8) is 0 Å². The maximum atomic E-state index is 12.5. The van der Waals surface area contributed by atoms with Crippen molar-refractivity contribution in [3.05, 3.63) is 28.8 Å². The Kier molecular flexibility index (Phi) is 5.60. The lowest BCUT2D eigenvalue weighted by molar-refractivity contribution is -0.142. The second-order valence-electron chi connectivity index (χ2n) is 5.91. The van der Waals surface area contributed by atoms with Crippen LogP contribution in [0.2, 0.25) is 0 Å². The number of ether oxygens (including phenoxy) is 2. The van der Waals surface area contributed by atoms with Crippen LogP contribution >= 0.6 is 0 Å². The zero-order chi connectivity index (χ0) is 17.0. The smallest absolute Gasteiger partial charge is 0.326 e. The molecule has 0 spiro atoms. The third kappa shape index (κ3) is 4.01. The van der Waals surface area contributed by atoms with E-state index in [2.05, 4.69) is 5.32 Å². The zero-order valence-electron chi connectivity index (χ0n) is 13.7. The number of amides is 1. The Morgan fingerprint density at radius 1 is 1.35 bits per heavy atom. The van der Waals surface area contributed by atoms with E-state index in [-0.39, 0.29) is 5.92 Å². The van der Waals surface area contributed by atoms with Crippen molar-refractivity contribution in [2.24, 2.45) is 5.92 Å². The Balaban J connectivity index is 2.17. The average Bonchev–Trinajstić information content (AvgIpc) is 2.52. The fourth-order valence-corrected chi connectivity index (χ4v) is 3.04. The molecule has 2 rings (SSSR count). The van der Waals surface area contributed by atoms with Crippen molar-refractivity contribution < 1.29 is 24.2 Å². The molecule has 1 aliphatic heterocycles. The van der Waals surface area contributed by atoms with Crippen LogP contribution in [0.4, 0.5) is 0 Å². The summed E-state index contributed by atoms with van der Waals surface area (Å²) in [6, 6.07) is 2.47. The Morgan fingerprint density at radius 3 is 2.48 bits per heavy atom. The molecule has 1 heterocycles. The van der Waals surface area contributed by atoms with Crippen molar-refractivity contribution in [1.82, 2.24) is 5.32 Å². The number of carboxylic acid groups (broad SMARTS) is 1. The predicted octanol–water partition coefficient (Wildman–Crippen LogP) is 1.92. The molecule has 1 aliphatic rings. The van der Waals surface area contributed by atoms with Crippen molar-refractivity contribution in [1.29, 1.82) is 0 Å². The number of carbonyl (C=O) groups is 2. The number of carbonyl (C=O) groups excluding carboxylic acids is 1. The van der Waals surface area contributed by atoms with Crippen LogP contribution in [0.1, 0.15) is 34.3 Å². The Labute approximate surface area is 135 Å². The van der Waals surface area contributed by atoms with Gasteiger partial charge in [0.05, 0.1) is 13.7 Å². The first kappa shape index (κ1) is 17.3. The molecule has 2 N–H and O–H groups in total. The van der Waals surface area contributed by atoms with Gasteiger partial charge in [0, 0.05) is 18.1 Å². The van der Waals surface area contributed by atoms with Crippen LogP contribution in [0, 0.1) is 19.8 Å². The average molecular weight is 321 g/mol. The molecule has 1 aromatic carbocycles.